The van der Waals surface area contributed by atoms with Gasteiger partial charge in [-0.1, -0.05) is 11.2 Å². The second-order valence-electron chi connectivity index (χ2n) is 3.97. The first-order valence-electron chi connectivity index (χ1n) is 5.43. The Morgan fingerprint density at radius 2 is 2.11 bits per heavy atom. The maximum absolute atomic E-state index is 13.7. The van der Waals surface area contributed by atoms with E-state index in [9.17, 15) is 13.6 Å². The van der Waals surface area contributed by atoms with Crippen LogP contribution in [0.1, 0.15) is 12.5 Å². The fraction of sp³-hybridized carbons (Fsp3) is 0.364. The van der Waals surface area contributed by atoms with Gasteiger partial charge < -0.3 is 5.73 Å². The third-order valence-corrected chi connectivity index (χ3v) is 2.71. The lowest BCUT2D eigenvalue weighted by atomic mass is 9.90. The van der Waals surface area contributed by atoms with Crippen LogP contribution in [0.3, 0.4) is 0 Å². The number of halogens is 2. The SMILES string of the molecule is CC(NCCN=[N+]=[N-])(C(N)=O)c1c(F)cccc1F. The van der Waals surface area contributed by atoms with Crippen molar-refractivity contribution >= 4 is 5.91 Å². The highest BCUT2D eigenvalue weighted by Crippen LogP contribution is 2.26. The highest BCUT2D eigenvalue weighted by atomic mass is 19.1. The van der Waals surface area contributed by atoms with Gasteiger partial charge in [-0.15, -0.1) is 0 Å². The van der Waals surface area contributed by atoms with Crippen LogP contribution in [-0.4, -0.2) is 19.0 Å². The zero-order valence-corrected chi connectivity index (χ0v) is 10.2. The number of nitrogens with one attached hydrogen (secondary N) is 1. The summed E-state index contributed by atoms with van der Waals surface area (Å²) < 4.78 is 27.4. The van der Waals surface area contributed by atoms with Crippen molar-refractivity contribution in [1.82, 2.24) is 5.32 Å². The zero-order chi connectivity index (χ0) is 14.5. The van der Waals surface area contributed by atoms with Crippen molar-refractivity contribution in [1.29, 1.82) is 0 Å². The molecule has 0 aliphatic rings. The van der Waals surface area contributed by atoms with Crippen molar-refractivity contribution in [2.75, 3.05) is 13.1 Å². The fourth-order valence-corrected chi connectivity index (χ4v) is 1.67. The second-order valence-corrected chi connectivity index (χ2v) is 3.97. The quantitative estimate of drug-likeness (QED) is 0.354. The Morgan fingerprint density at radius 1 is 1.53 bits per heavy atom. The molecule has 0 saturated heterocycles. The van der Waals surface area contributed by atoms with Gasteiger partial charge in [0.1, 0.15) is 17.2 Å². The van der Waals surface area contributed by atoms with Crippen LogP contribution < -0.4 is 11.1 Å². The molecule has 102 valence electrons. The first-order chi connectivity index (χ1) is 8.93. The lowest BCUT2D eigenvalue weighted by Crippen LogP contribution is -2.52. The minimum atomic E-state index is -1.72. The van der Waals surface area contributed by atoms with Gasteiger partial charge in [-0.2, -0.15) is 0 Å². The van der Waals surface area contributed by atoms with Crippen molar-refractivity contribution < 1.29 is 13.6 Å². The van der Waals surface area contributed by atoms with Gasteiger partial charge in [-0.3, -0.25) is 10.1 Å². The lowest BCUT2D eigenvalue weighted by molar-refractivity contribution is -0.124. The van der Waals surface area contributed by atoms with Crippen LogP contribution in [0, 0.1) is 11.6 Å². The molecule has 1 unspecified atom stereocenters. The normalized spacial score (nSPS) is 13.4. The number of hydrogen-bond donors (Lipinski definition) is 2. The number of primary amides is 1. The Morgan fingerprint density at radius 3 is 2.58 bits per heavy atom. The number of nitrogens with two attached hydrogens (primary N) is 1. The van der Waals surface area contributed by atoms with E-state index in [0.29, 0.717) is 0 Å². The third kappa shape index (κ3) is 3.18. The smallest absolute Gasteiger partial charge is 0.242 e. The monoisotopic (exact) mass is 269 g/mol. The van der Waals surface area contributed by atoms with Crippen LogP contribution in [-0.2, 0) is 10.3 Å². The summed E-state index contributed by atoms with van der Waals surface area (Å²) in [6.45, 7) is 1.35. The predicted molar refractivity (Wildman–Crippen MR) is 64.9 cm³/mol. The summed E-state index contributed by atoms with van der Waals surface area (Å²) in [5, 5.41) is 5.86. The topological polar surface area (TPSA) is 104 Å². The van der Waals surface area contributed by atoms with Crippen molar-refractivity contribution in [2.45, 2.75) is 12.5 Å². The Kier molecular flexibility index (Phi) is 4.80. The molecule has 0 bridgehead atoms. The number of carbonyl (C=O) groups excluding carboxylic acids is 1. The maximum atomic E-state index is 13.7. The third-order valence-electron chi connectivity index (χ3n) is 2.71. The van der Waals surface area contributed by atoms with Crippen LogP contribution >= 0.6 is 0 Å². The molecule has 0 aromatic heterocycles. The summed E-state index contributed by atoms with van der Waals surface area (Å²) in [6, 6.07) is 3.26. The molecule has 1 aromatic carbocycles. The van der Waals surface area contributed by atoms with Gasteiger partial charge in [0.25, 0.3) is 0 Å². The first kappa shape index (κ1) is 14.9. The summed E-state index contributed by atoms with van der Waals surface area (Å²) >= 11 is 0. The van der Waals surface area contributed by atoms with Crippen LogP contribution in [0.25, 0.3) is 10.4 Å². The molecule has 0 spiro atoms. The minimum absolute atomic E-state index is 0.0233. The summed E-state index contributed by atoms with van der Waals surface area (Å²) in [6.07, 6.45) is 0. The molecular formula is C11H13F2N5O. The van der Waals surface area contributed by atoms with Gasteiger partial charge in [0.15, 0.2) is 0 Å². The predicted octanol–water partition coefficient (Wildman–Crippen LogP) is 1.57. The van der Waals surface area contributed by atoms with Crippen molar-refractivity contribution in [3.05, 3.63) is 45.8 Å². The highest BCUT2D eigenvalue weighted by Gasteiger charge is 2.37. The summed E-state index contributed by atoms with van der Waals surface area (Å²) in [5.74, 6) is -2.69. The van der Waals surface area contributed by atoms with Crippen molar-refractivity contribution in [2.24, 2.45) is 10.8 Å². The number of amides is 1. The average molecular weight is 269 g/mol. The molecule has 0 aliphatic heterocycles. The van der Waals surface area contributed by atoms with Crippen molar-refractivity contribution in [3.63, 3.8) is 0 Å². The molecule has 0 radical (unpaired) electrons. The molecule has 8 heteroatoms. The summed E-state index contributed by atoms with van der Waals surface area (Å²) in [4.78, 5) is 14.0. The molecule has 19 heavy (non-hydrogen) atoms. The number of benzene rings is 1. The van der Waals surface area contributed by atoms with Gasteiger partial charge in [0.2, 0.25) is 5.91 Å². The summed E-state index contributed by atoms with van der Waals surface area (Å²) in [7, 11) is 0. The molecule has 0 heterocycles. The number of rotatable bonds is 6. The van der Waals surface area contributed by atoms with E-state index < -0.39 is 28.6 Å². The van der Waals surface area contributed by atoms with Crippen LogP contribution in [0.4, 0.5) is 8.78 Å². The largest absolute Gasteiger partial charge is 0.368 e. The molecule has 6 nitrogen and oxygen atoms in total. The fourth-order valence-electron chi connectivity index (χ4n) is 1.67. The zero-order valence-electron chi connectivity index (χ0n) is 10.2. The number of azide groups is 1. The van der Waals surface area contributed by atoms with Gasteiger partial charge in [0.05, 0.1) is 5.56 Å². The summed E-state index contributed by atoms with van der Waals surface area (Å²) in [5.41, 5.74) is 11.2. The van der Waals surface area contributed by atoms with E-state index in [1.54, 1.807) is 0 Å². The van der Waals surface area contributed by atoms with Crippen LogP contribution in [0.2, 0.25) is 0 Å². The van der Waals surface area contributed by atoms with Gasteiger partial charge in [0, 0.05) is 18.0 Å². The van der Waals surface area contributed by atoms with E-state index in [1.807, 2.05) is 0 Å². The molecular weight excluding hydrogens is 256 g/mol. The number of carbonyl (C=O) groups is 1. The standard InChI is InChI=1S/C11H13F2N5O/c1-11(10(14)19,16-5-6-17-18-15)9-7(12)3-2-4-8(9)13/h2-4,16H,5-6H2,1H3,(H2,14,19). The number of hydrogen-bond acceptors (Lipinski definition) is 3. The molecule has 1 amide bonds. The minimum Gasteiger partial charge on any atom is -0.368 e. The molecule has 0 aliphatic carbocycles. The van der Waals surface area contributed by atoms with E-state index in [0.717, 1.165) is 12.1 Å². The molecule has 0 saturated carbocycles. The Bertz CT molecular complexity index is 510. The molecule has 1 rings (SSSR count). The molecule has 1 atom stereocenters. The van der Waals surface area contributed by atoms with Gasteiger partial charge in [-0.25, -0.2) is 8.78 Å². The Labute approximate surface area is 108 Å². The molecule has 3 N–H and O–H groups in total. The van der Waals surface area contributed by atoms with E-state index in [-0.39, 0.29) is 13.1 Å². The Hall–Kier alpha value is -2.18. The van der Waals surface area contributed by atoms with E-state index in [2.05, 4.69) is 15.3 Å². The van der Waals surface area contributed by atoms with Crippen LogP contribution in [0.15, 0.2) is 23.3 Å². The van der Waals surface area contributed by atoms with E-state index in [1.165, 1.54) is 13.0 Å². The van der Waals surface area contributed by atoms with E-state index in [4.69, 9.17) is 11.3 Å². The molecule has 0 fully saturated rings. The van der Waals surface area contributed by atoms with Gasteiger partial charge >= 0.3 is 0 Å². The second kappa shape index (κ2) is 6.12. The highest BCUT2D eigenvalue weighted by molar-refractivity contribution is 5.85. The van der Waals surface area contributed by atoms with Crippen molar-refractivity contribution in [3.8, 4) is 0 Å². The first-order valence-corrected chi connectivity index (χ1v) is 5.43. The average Bonchev–Trinajstić information content (AvgIpc) is 2.34. The molecule has 1 aromatic rings. The van der Waals surface area contributed by atoms with Gasteiger partial charge in [-0.05, 0) is 24.6 Å². The van der Waals surface area contributed by atoms with Crippen LogP contribution in [0.5, 0.6) is 0 Å². The number of nitrogens with zero attached hydrogens (tertiary/aromatic N) is 3. The lowest BCUT2D eigenvalue weighted by Gasteiger charge is -2.28. The maximum Gasteiger partial charge on any atom is 0.242 e. The Balaban J connectivity index is 3.11. The van der Waals surface area contributed by atoms with E-state index >= 15 is 0 Å².